The first-order valence-corrected chi connectivity index (χ1v) is 32.5. The van der Waals surface area contributed by atoms with Gasteiger partial charge in [-0.25, -0.2) is 0 Å². The summed E-state index contributed by atoms with van der Waals surface area (Å²) in [6, 6.07) is -0.828. The minimum Gasteiger partial charge on any atom is -0.394 e. The first kappa shape index (κ1) is 71.9. The summed E-state index contributed by atoms with van der Waals surface area (Å²) in [7, 11) is 0. The molecule has 9 nitrogen and oxygen atoms in total. The highest BCUT2D eigenvalue weighted by Crippen LogP contribution is 2.23. The van der Waals surface area contributed by atoms with Crippen LogP contribution in [0.5, 0.6) is 0 Å². The molecular formula is C67H123NO8. The zero-order valence-electron chi connectivity index (χ0n) is 49.5. The van der Waals surface area contributed by atoms with Crippen molar-refractivity contribution in [3.63, 3.8) is 0 Å². The van der Waals surface area contributed by atoms with Gasteiger partial charge < -0.3 is 40.3 Å². The number of aliphatic hydroxyl groups excluding tert-OH is 5. The zero-order valence-corrected chi connectivity index (χ0v) is 49.5. The number of allylic oxidation sites excluding steroid dienone is 9. The number of hydrogen-bond donors (Lipinski definition) is 6. The molecule has 0 radical (unpaired) electrons. The molecule has 1 rings (SSSR count). The Morgan fingerprint density at radius 3 is 1.20 bits per heavy atom. The number of carbonyl (C=O) groups excluding carboxylic acids is 1. The van der Waals surface area contributed by atoms with Crippen molar-refractivity contribution < 1.29 is 39.8 Å². The van der Waals surface area contributed by atoms with Crippen molar-refractivity contribution in [2.45, 2.75) is 346 Å². The molecule has 1 heterocycles. The van der Waals surface area contributed by atoms with Crippen molar-refractivity contribution in [3.05, 3.63) is 60.8 Å². The Morgan fingerprint density at radius 1 is 0.447 bits per heavy atom. The molecule has 0 aromatic heterocycles. The molecule has 1 aliphatic rings. The van der Waals surface area contributed by atoms with Crippen LogP contribution in [0.3, 0.4) is 0 Å². The van der Waals surface area contributed by atoms with Crippen LogP contribution < -0.4 is 5.32 Å². The van der Waals surface area contributed by atoms with Gasteiger partial charge >= 0.3 is 0 Å². The molecule has 444 valence electrons. The lowest BCUT2D eigenvalue weighted by atomic mass is 9.99. The van der Waals surface area contributed by atoms with Crippen LogP contribution in [-0.4, -0.2) is 87.5 Å². The van der Waals surface area contributed by atoms with E-state index >= 15 is 0 Å². The highest BCUT2D eigenvalue weighted by molar-refractivity contribution is 5.76. The maximum Gasteiger partial charge on any atom is 0.220 e. The van der Waals surface area contributed by atoms with Gasteiger partial charge in [-0.15, -0.1) is 0 Å². The summed E-state index contributed by atoms with van der Waals surface area (Å²) in [5.74, 6) is -0.189. The van der Waals surface area contributed by atoms with E-state index in [2.05, 4.69) is 67.8 Å². The van der Waals surface area contributed by atoms with Crippen LogP contribution in [0, 0.1) is 0 Å². The molecule has 1 saturated heterocycles. The zero-order chi connectivity index (χ0) is 55.0. The van der Waals surface area contributed by atoms with Crippen molar-refractivity contribution in [1.29, 1.82) is 0 Å². The topological polar surface area (TPSA) is 149 Å². The van der Waals surface area contributed by atoms with Crippen molar-refractivity contribution in [3.8, 4) is 0 Å². The third-order valence-electron chi connectivity index (χ3n) is 15.3. The summed E-state index contributed by atoms with van der Waals surface area (Å²) in [4.78, 5) is 13.1. The summed E-state index contributed by atoms with van der Waals surface area (Å²) in [6.07, 6.45) is 70.2. The fourth-order valence-electron chi connectivity index (χ4n) is 10.2. The average molecular weight is 1070 g/mol. The van der Waals surface area contributed by atoms with Crippen LogP contribution in [0.2, 0.25) is 0 Å². The first-order valence-electron chi connectivity index (χ1n) is 32.5. The van der Waals surface area contributed by atoms with Crippen molar-refractivity contribution in [2.24, 2.45) is 0 Å². The molecule has 0 aliphatic carbocycles. The normalized spacial score (nSPS) is 19.2. The van der Waals surface area contributed by atoms with Crippen molar-refractivity contribution in [1.82, 2.24) is 5.32 Å². The second-order valence-corrected chi connectivity index (χ2v) is 22.5. The quantitative estimate of drug-likeness (QED) is 0.0261. The van der Waals surface area contributed by atoms with Crippen LogP contribution in [0.15, 0.2) is 60.8 Å². The second-order valence-electron chi connectivity index (χ2n) is 22.5. The lowest BCUT2D eigenvalue weighted by Gasteiger charge is -2.40. The first-order chi connectivity index (χ1) is 37.3. The fraction of sp³-hybridized carbons (Fsp3) is 0.836. The number of rotatable bonds is 56. The number of unbranched alkanes of at least 4 members (excludes halogenated alkanes) is 38. The molecule has 7 unspecified atom stereocenters. The number of hydrogen-bond acceptors (Lipinski definition) is 8. The maximum atomic E-state index is 13.1. The monoisotopic (exact) mass is 1070 g/mol. The van der Waals surface area contributed by atoms with Gasteiger partial charge in [0.15, 0.2) is 6.29 Å². The summed E-state index contributed by atoms with van der Waals surface area (Å²) in [5.41, 5.74) is 0. The molecule has 0 spiro atoms. The summed E-state index contributed by atoms with van der Waals surface area (Å²) >= 11 is 0. The molecular weight excluding hydrogens is 947 g/mol. The molecule has 0 aromatic rings. The van der Waals surface area contributed by atoms with Crippen LogP contribution in [0.4, 0.5) is 0 Å². The highest BCUT2D eigenvalue weighted by atomic mass is 16.7. The van der Waals surface area contributed by atoms with Crippen molar-refractivity contribution in [2.75, 3.05) is 13.2 Å². The second kappa shape index (κ2) is 56.2. The molecule has 6 N–H and O–H groups in total. The largest absolute Gasteiger partial charge is 0.394 e. The molecule has 0 aromatic carbocycles. The van der Waals surface area contributed by atoms with Crippen LogP contribution in [0.25, 0.3) is 0 Å². The van der Waals surface area contributed by atoms with Crippen LogP contribution >= 0.6 is 0 Å². The van der Waals surface area contributed by atoms with Crippen LogP contribution in [-0.2, 0) is 14.3 Å². The number of amides is 1. The minimum absolute atomic E-state index is 0.189. The van der Waals surface area contributed by atoms with E-state index in [-0.39, 0.29) is 12.5 Å². The molecule has 0 saturated carbocycles. The van der Waals surface area contributed by atoms with E-state index in [0.29, 0.717) is 6.42 Å². The van der Waals surface area contributed by atoms with Gasteiger partial charge in [0.05, 0.1) is 25.4 Å². The molecule has 1 amide bonds. The summed E-state index contributed by atoms with van der Waals surface area (Å²) < 4.78 is 11.3. The Labute approximate surface area is 468 Å². The van der Waals surface area contributed by atoms with Gasteiger partial charge in [-0.1, -0.05) is 286 Å². The van der Waals surface area contributed by atoms with E-state index < -0.39 is 49.5 Å². The lowest BCUT2D eigenvalue weighted by molar-refractivity contribution is -0.302. The van der Waals surface area contributed by atoms with Gasteiger partial charge in [0.25, 0.3) is 0 Å². The average Bonchev–Trinajstić information content (AvgIpc) is 3.42. The standard InChI is InChI=1S/C67H123NO8/c1-3-5-7-9-11-13-15-17-19-21-23-25-27-29-30-31-33-34-36-38-40-42-44-46-48-50-52-54-56-61(70)60(59-75-67-66(74)65(73)64(72)62(58-69)76-67)68-63(71)57-55-53-51-49-47-45-43-41-39-37-35-32-28-26-24-22-20-18-16-14-12-10-8-6-4-2/h16,18,22,24,28,32,46,48,54,56,60-62,64-67,69-70,72-74H,3-15,17,19-21,23,25-27,29-31,33-45,47,49-53,55,57-59H2,1-2H3,(H,68,71)/b18-16-,24-22-,32-28-,48-46+,56-54+. The minimum atomic E-state index is -1.58. The Bertz CT molecular complexity index is 1380. The summed E-state index contributed by atoms with van der Waals surface area (Å²) in [6.45, 7) is 3.78. The molecule has 9 heteroatoms. The Hall–Kier alpha value is -2.11. The Balaban J connectivity index is 2.20. The van der Waals surface area contributed by atoms with Gasteiger partial charge in [0, 0.05) is 6.42 Å². The fourth-order valence-corrected chi connectivity index (χ4v) is 10.2. The lowest BCUT2D eigenvalue weighted by Crippen LogP contribution is -2.60. The predicted molar refractivity (Wildman–Crippen MR) is 322 cm³/mol. The maximum absolute atomic E-state index is 13.1. The van der Waals surface area contributed by atoms with E-state index in [4.69, 9.17) is 9.47 Å². The molecule has 76 heavy (non-hydrogen) atoms. The SMILES string of the molecule is CCCCCCC/C=C\C/C=C\C/C=C\CCCCCCCCCCCCC(=O)NC(COC1OC(CO)C(O)C(O)C1O)C(O)/C=C/CC/C=C/CCCCCCCCCCCCCCCCCCCCCCCC. The van der Waals surface area contributed by atoms with Crippen molar-refractivity contribution >= 4 is 5.91 Å². The van der Waals surface area contributed by atoms with E-state index in [1.54, 1.807) is 6.08 Å². The number of aliphatic hydroxyl groups is 5. The van der Waals surface area contributed by atoms with Gasteiger partial charge in [-0.05, 0) is 70.6 Å². The highest BCUT2D eigenvalue weighted by Gasteiger charge is 2.44. The van der Waals surface area contributed by atoms with E-state index in [1.165, 1.54) is 231 Å². The smallest absolute Gasteiger partial charge is 0.220 e. The van der Waals surface area contributed by atoms with Gasteiger partial charge in [-0.2, -0.15) is 0 Å². The predicted octanol–water partition coefficient (Wildman–Crippen LogP) is 17.0. The number of ether oxygens (including phenoxy) is 2. The molecule has 7 atom stereocenters. The van der Waals surface area contributed by atoms with E-state index in [0.717, 1.165) is 51.4 Å². The Morgan fingerprint density at radius 2 is 0.789 bits per heavy atom. The third-order valence-corrected chi connectivity index (χ3v) is 15.3. The third kappa shape index (κ3) is 44.7. The van der Waals surface area contributed by atoms with Crippen LogP contribution in [0.1, 0.15) is 303 Å². The van der Waals surface area contributed by atoms with Gasteiger partial charge in [0.2, 0.25) is 5.91 Å². The molecule has 1 fully saturated rings. The molecule has 0 bridgehead atoms. The molecule has 1 aliphatic heterocycles. The number of nitrogens with one attached hydrogen (secondary N) is 1. The van der Waals surface area contributed by atoms with E-state index in [9.17, 15) is 30.3 Å². The van der Waals surface area contributed by atoms with Gasteiger partial charge in [0.1, 0.15) is 24.4 Å². The van der Waals surface area contributed by atoms with Gasteiger partial charge in [-0.3, -0.25) is 4.79 Å². The summed E-state index contributed by atoms with van der Waals surface area (Å²) in [5, 5.41) is 54.6. The van der Waals surface area contributed by atoms with E-state index in [1.807, 2.05) is 6.08 Å². The number of carbonyl (C=O) groups is 1. The Kier molecular flexibility index (Phi) is 53.1.